The summed E-state index contributed by atoms with van der Waals surface area (Å²) in [4.78, 5) is 45.9. The molecule has 0 aliphatic carbocycles. The number of carboxylic acids is 1. The predicted molar refractivity (Wildman–Crippen MR) is 109 cm³/mol. The van der Waals surface area contributed by atoms with E-state index < -0.39 is 23.3 Å². The van der Waals surface area contributed by atoms with Crippen LogP contribution in [0.2, 0.25) is 0 Å². The van der Waals surface area contributed by atoms with Crippen molar-refractivity contribution in [1.29, 1.82) is 0 Å². The molecule has 0 spiro atoms. The number of rotatable bonds is 7. The number of carboxylic acid groups (broad SMARTS) is 1. The van der Waals surface area contributed by atoms with E-state index in [1.54, 1.807) is 17.1 Å². The Balaban J connectivity index is 1.78. The molecule has 0 fully saturated rings. The number of imidazole rings is 1. The number of carbonyl (C=O) groups is 1. The molecule has 0 radical (unpaired) electrons. The summed E-state index contributed by atoms with van der Waals surface area (Å²) in [7, 11) is 0. The van der Waals surface area contributed by atoms with Crippen molar-refractivity contribution in [1.82, 2.24) is 29.3 Å². The number of hydrogen-bond acceptors (Lipinski definition) is 5. The third-order valence-corrected chi connectivity index (χ3v) is 4.83. The third-order valence-electron chi connectivity index (χ3n) is 4.83. The van der Waals surface area contributed by atoms with E-state index in [-0.39, 0.29) is 17.6 Å². The predicted octanol–water partition coefficient (Wildman–Crippen LogP) is 1.75. The highest BCUT2D eigenvalue weighted by atomic mass is 16.4. The maximum absolute atomic E-state index is 12.4. The second kappa shape index (κ2) is 7.82. The van der Waals surface area contributed by atoms with Gasteiger partial charge in [0.25, 0.3) is 5.56 Å². The zero-order valence-corrected chi connectivity index (χ0v) is 16.2. The van der Waals surface area contributed by atoms with Gasteiger partial charge in [-0.25, -0.2) is 14.6 Å². The van der Waals surface area contributed by atoms with E-state index in [1.807, 2.05) is 37.3 Å². The van der Waals surface area contributed by atoms with Gasteiger partial charge in [0.05, 0.1) is 18.3 Å². The van der Waals surface area contributed by atoms with Gasteiger partial charge in [0.2, 0.25) is 0 Å². The molecular weight excluding hydrogens is 388 g/mol. The number of benzene rings is 1. The normalized spacial score (nSPS) is 12.3. The standard InChI is InChI=1S/C20H20N6O4/c1-2-6-14(19(28)29)26-17-15(18(27)24-20(26)30)22-16(23-17)13-9-21-25(11-13)10-12-7-4-3-5-8-12/h3-5,7-9,11,14H,2,6,10H2,1H3,(H,22,23)(H,28,29)(H,24,27,30). The highest BCUT2D eigenvalue weighted by Crippen LogP contribution is 2.21. The van der Waals surface area contributed by atoms with Crippen LogP contribution in [-0.4, -0.2) is 40.4 Å². The quantitative estimate of drug-likeness (QED) is 0.426. The molecule has 0 bridgehead atoms. The van der Waals surface area contributed by atoms with Crippen LogP contribution in [0, 0.1) is 0 Å². The van der Waals surface area contributed by atoms with Crippen LogP contribution in [0.15, 0.2) is 52.3 Å². The number of nitrogens with zero attached hydrogens (tertiary/aromatic N) is 4. The lowest BCUT2D eigenvalue weighted by Gasteiger charge is -2.14. The fraction of sp³-hybridized carbons (Fsp3) is 0.250. The molecule has 0 saturated heterocycles. The summed E-state index contributed by atoms with van der Waals surface area (Å²) in [5, 5.41) is 13.9. The molecule has 3 N–H and O–H groups in total. The van der Waals surface area contributed by atoms with Gasteiger partial charge < -0.3 is 10.1 Å². The summed E-state index contributed by atoms with van der Waals surface area (Å²) in [5.74, 6) is -0.831. The van der Waals surface area contributed by atoms with E-state index in [4.69, 9.17) is 0 Å². The van der Waals surface area contributed by atoms with Crippen molar-refractivity contribution in [3.8, 4) is 11.4 Å². The maximum Gasteiger partial charge on any atom is 0.330 e. The van der Waals surface area contributed by atoms with Gasteiger partial charge in [-0.15, -0.1) is 0 Å². The van der Waals surface area contributed by atoms with Gasteiger partial charge in [-0.1, -0.05) is 43.7 Å². The second-order valence-electron chi connectivity index (χ2n) is 6.97. The van der Waals surface area contributed by atoms with E-state index in [1.165, 1.54) is 0 Å². The number of hydrogen-bond donors (Lipinski definition) is 3. The van der Waals surface area contributed by atoms with E-state index in [0.29, 0.717) is 24.4 Å². The molecule has 3 aromatic heterocycles. The molecule has 3 heterocycles. The lowest BCUT2D eigenvalue weighted by Crippen LogP contribution is -2.36. The molecule has 30 heavy (non-hydrogen) atoms. The third kappa shape index (κ3) is 3.54. The van der Waals surface area contributed by atoms with Gasteiger partial charge >= 0.3 is 11.7 Å². The molecule has 4 aromatic rings. The first-order valence-electron chi connectivity index (χ1n) is 9.52. The minimum atomic E-state index is -1.16. The van der Waals surface area contributed by atoms with Gasteiger partial charge in [0, 0.05) is 6.20 Å². The smallest absolute Gasteiger partial charge is 0.330 e. The summed E-state index contributed by atoms with van der Waals surface area (Å²) >= 11 is 0. The maximum atomic E-state index is 12.4. The van der Waals surface area contributed by atoms with Gasteiger partial charge in [0.1, 0.15) is 17.4 Å². The molecular formula is C20H20N6O4. The van der Waals surface area contributed by atoms with Crippen LogP contribution in [0.4, 0.5) is 0 Å². The van der Waals surface area contributed by atoms with Gasteiger partial charge in [-0.3, -0.25) is 19.0 Å². The number of nitrogens with one attached hydrogen (secondary N) is 2. The zero-order chi connectivity index (χ0) is 21.3. The molecule has 1 aromatic carbocycles. The molecule has 1 atom stereocenters. The Morgan fingerprint density at radius 1 is 1.20 bits per heavy atom. The van der Waals surface area contributed by atoms with Crippen molar-refractivity contribution in [2.24, 2.45) is 0 Å². The van der Waals surface area contributed by atoms with E-state index in [0.717, 1.165) is 10.1 Å². The fourth-order valence-electron chi connectivity index (χ4n) is 3.42. The molecule has 10 nitrogen and oxygen atoms in total. The fourth-order valence-corrected chi connectivity index (χ4v) is 3.42. The summed E-state index contributed by atoms with van der Waals surface area (Å²) < 4.78 is 2.75. The van der Waals surface area contributed by atoms with Gasteiger partial charge in [0.15, 0.2) is 5.65 Å². The van der Waals surface area contributed by atoms with Crippen molar-refractivity contribution in [3.05, 3.63) is 69.1 Å². The van der Waals surface area contributed by atoms with Crippen LogP contribution in [0.5, 0.6) is 0 Å². The Morgan fingerprint density at radius 2 is 1.97 bits per heavy atom. The van der Waals surface area contributed by atoms with Crippen LogP contribution in [0.3, 0.4) is 0 Å². The van der Waals surface area contributed by atoms with E-state index in [2.05, 4.69) is 20.1 Å². The largest absolute Gasteiger partial charge is 0.480 e. The van der Waals surface area contributed by atoms with E-state index in [9.17, 15) is 19.5 Å². The lowest BCUT2D eigenvalue weighted by molar-refractivity contribution is -0.141. The zero-order valence-electron chi connectivity index (χ0n) is 16.2. The number of aliphatic carboxylic acids is 1. The Bertz CT molecular complexity index is 1310. The van der Waals surface area contributed by atoms with Gasteiger partial charge in [-0.05, 0) is 12.0 Å². The first kappa shape index (κ1) is 19.4. The van der Waals surface area contributed by atoms with Crippen molar-refractivity contribution < 1.29 is 9.90 Å². The van der Waals surface area contributed by atoms with Crippen LogP contribution in [-0.2, 0) is 11.3 Å². The SMILES string of the molecule is CCCC(C(=O)O)n1c(=O)[nH]c(=O)c2[nH]c(-c3cnn(Cc4ccccc4)c3)nc21. The summed E-state index contributed by atoms with van der Waals surface area (Å²) in [6.07, 6.45) is 4.14. The minimum absolute atomic E-state index is 0.00964. The average molecular weight is 408 g/mol. The second-order valence-corrected chi connectivity index (χ2v) is 6.97. The Labute approximate surface area is 169 Å². The number of fused-ring (bicyclic) bond motifs is 1. The van der Waals surface area contributed by atoms with Crippen molar-refractivity contribution in [2.45, 2.75) is 32.4 Å². The summed E-state index contributed by atoms with van der Waals surface area (Å²) in [5.41, 5.74) is 0.292. The molecule has 0 amide bonds. The summed E-state index contributed by atoms with van der Waals surface area (Å²) in [6.45, 7) is 2.38. The van der Waals surface area contributed by atoms with E-state index >= 15 is 0 Å². The van der Waals surface area contributed by atoms with Crippen molar-refractivity contribution >= 4 is 17.1 Å². The van der Waals surface area contributed by atoms with Crippen LogP contribution < -0.4 is 11.2 Å². The number of aromatic amines is 2. The number of H-pyrrole nitrogens is 2. The Morgan fingerprint density at radius 3 is 2.67 bits per heavy atom. The highest BCUT2D eigenvalue weighted by Gasteiger charge is 2.25. The Hall–Kier alpha value is -3.95. The first-order chi connectivity index (χ1) is 14.5. The molecule has 0 aliphatic rings. The Kier molecular flexibility index (Phi) is 5.05. The lowest BCUT2D eigenvalue weighted by atomic mass is 10.1. The van der Waals surface area contributed by atoms with Crippen molar-refractivity contribution in [3.63, 3.8) is 0 Å². The number of aromatic nitrogens is 6. The monoisotopic (exact) mass is 408 g/mol. The first-order valence-corrected chi connectivity index (χ1v) is 9.52. The molecule has 154 valence electrons. The van der Waals surface area contributed by atoms with Crippen LogP contribution in [0.1, 0.15) is 31.4 Å². The van der Waals surface area contributed by atoms with Crippen molar-refractivity contribution in [2.75, 3.05) is 0 Å². The molecule has 0 aliphatic heterocycles. The molecule has 10 heteroatoms. The highest BCUT2D eigenvalue weighted by molar-refractivity contribution is 5.78. The average Bonchev–Trinajstić information content (AvgIpc) is 3.35. The summed E-state index contributed by atoms with van der Waals surface area (Å²) in [6, 6.07) is 8.67. The van der Waals surface area contributed by atoms with Crippen LogP contribution in [0.25, 0.3) is 22.6 Å². The molecule has 4 rings (SSSR count). The van der Waals surface area contributed by atoms with Gasteiger partial charge in [-0.2, -0.15) is 5.10 Å². The molecule has 0 saturated carbocycles. The van der Waals surface area contributed by atoms with Crippen LogP contribution >= 0.6 is 0 Å². The minimum Gasteiger partial charge on any atom is -0.480 e. The molecule has 1 unspecified atom stereocenters. The topological polar surface area (TPSA) is 139 Å².